The first kappa shape index (κ1) is 15.4. The van der Waals surface area contributed by atoms with E-state index >= 15 is 0 Å². The Labute approximate surface area is 124 Å². The zero-order valence-electron chi connectivity index (χ0n) is 12.7. The van der Waals surface area contributed by atoms with Gasteiger partial charge in [-0.3, -0.25) is 4.79 Å². The Balaban J connectivity index is 1.94. The molecule has 1 aromatic carbocycles. The molecule has 1 aromatic rings. The van der Waals surface area contributed by atoms with Crippen LogP contribution in [0, 0.1) is 5.41 Å². The van der Waals surface area contributed by atoms with Crippen LogP contribution in [0.1, 0.15) is 39.2 Å². The minimum Gasteiger partial charge on any atom is -0.481 e. The van der Waals surface area contributed by atoms with Crippen LogP contribution in [0.25, 0.3) is 0 Å². The fourth-order valence-corrected chi connectivity index (χ4v) is 2.14. The Morgan fingerprint density at radius 2 is 1.76 bits per heavy atom. The zero-order valence-corrected chi connectivity index (χ0v) is 12.7. The maximum absolute atomic E-state index is 11.7. The van der Waals surface area contributed by atoms with Crippen LogP contribution in [0.15, 0.2) is 24.3 Å². The van der Waals surface area contributed by atoms with Gasteiger partial charge in [0.15, 0.2) is 0 Å². The number of nitrogens with one attached hydrogen (secondary N) is 2. The molecule has 3 N–H and O–H groups in total. The van der Waals surface area contributed by atoms with Crippen LogP contribution >= 0.6 is 0 Å². The molecule has 1 aliphatic carbocycles. The van der Waals surface area contributed by atoms with E-state index < -0.39 is 11.4 Å². The van der Waals surface area contributed by atoms with Crippen molar-refractivity contribution in [2.45, 2.75) is 39.0 Å². The second-order valence-corrected chi connectivity index (χ2v) is 6.83. The fourth-order valence-electron chi connectivity index (χ4n) is 2.14. The van der Waals surface area contributed by atoms with Crippen LogP contribution in [0.4, 0.5) is 10.5 Å². The summed E-state index contributed by atoms with van der Waals surface area (Å²) >= 11 is 0. The van der Waals surface area contributed by atoms with E-state index in [1.165, 1.54) is 0 Å². The number of amides is 2. The molecule has 5 nitrogen and oxygen atoms in total. The Hall–Kier alpha value is -2.04. The van der Waals surface area contributed by atoms with Gasteiger partial charge in [0.25, 0.3) is 0 Å². The van der Waals surface area contributed by atoms with Gasteiger partial charge in [-0.2, -0.15) is 0 Å². The van der Waals surface area contributed by atoms with Gasteiger partial charge in [-0.1, -0.05) is 32.9 Å². The Bertz CT molecular complexity index is 540. The summed E-state index contributed by atoms with van der Waals surface area (Å²) in [6, 6.07) is 6.79. The average molecular weight is 290 g/mol. The van der Waals surface area contributed by atoms with E-state index in [1.54, 1.807) is 24.3 Å². The van der Waals surface area contributed by atoms with Crippen molar-refractivity contribution in [3.05, 3.63) is 29.8 Å². The van der Waals surface area contributed by atoms with Crippen LogP contribution < -0.4 is 10.6 Å². The summed E-state index contributed by atoms with van der Waals surface area (Å²) in [5.74, 6) is -0.772. The van der Waals surface area contributed by atoms with Crippen molar-refractivity contribution in [2.75, 3.05) is 11.9 Å². The topological polar surface area (TPSA) is 78.4 Å². The highest BCUT2D eigenvalue weighted by molar-refractivity contribution is 5.89. The molecule has 0 unspecified atom stereocenters. The number of urea groups is 1. The lowest BCUT2D eigenvalue weighted by Crippen LogP contribution is -2.35. The van der Waals surface area contributed by atoms with Crippen molar-refractivity contribution in [3.8, 4) is 0 Å². The first-order chi connectivity index (χ1) is 9.73. The average Bonchev–Trinajstić information content (AvgIpc) is 3.18. The third-order valence-corrected chi connectivity index (χ3v) is 3.63. The molecule has 1 fully saturated rings. The van der Waals surface area contributed by atoms with Crippen molar-refractivity contribution in [2.24, 2.45) is 5.41 Å². The van der Waals surface area contributed by atoms with Gasteiger partial charge in [0, 0.05) is 12.2 Å². The summed E-state index contributed by atoms with van der Waals surface area (Å²) in [4.78, 5) is 23.0. The number of aliphatic carboxylic acids is 1. The molecular weight excluding hydrogens is 268 g/mol. The second-order valence-electron chi connectivity index (χ2n) is 6.83. The maximum Gasteiger partial charge on any atom is 0.319 e. The van der Waals surface area contributed by atoms with Gasteiger partial charge in [0.05, 0.1) is 5.41 Å². The van der Waals surface area contributed by atoms with Crippen LogP contribution in [0.2, 0.25) is 0 Å². The first-order valence-electron chi connectivity index (χ1n) is 7.12. The van der Waals surface area contributed by atoms with E-state index in [0.29, 0.717) is 25.1 Å². The van der Waals surface area contributed by atoms with E-state index in [1.807, 2.05) is 20.8 Å². The quantitative estimate of drug-likeness (QED) is 0.797. The van der Waals surface area contributed by atoms with Gasteiger partial charge in [-0.25, -0.2) is 4.79 Å². The van der Waals surface area contributed by atoms with Crippen molar-refractivity contribution in [3.63, 3.8) is 0 Å². The van der Waals surface area contributed by atoms with Crippen molar-refractivity contribution in [1.29, 1.82) is 0 Å². The molecule has 2 rings (SSSR count). The number of benzene rings is 1. The van der Waals surface area contributed by atoms with E-state index in [9.17, 15) is 14.7 Å². The Morgan fingerprint density at radius 3 is 2.19 bits per heavy atom. The minimum atomic E-state index is -0.772. The number of hydrogen-bond acceptors (Lipinski definition) is 2. The van der Waals surface area contributed by atoms with Gasteiger partial charge in [-0.05, 0) is 36.0 Å². The lowest BCUT2D eigenvalue weighted by atomic mass is 9.96. The van der Waals surface area contributed by atoms with Crippen molar-refractivity contribution in [1.82, 2.24) is 5.32 Å². The van der Waals surface area contributed by atoms with Gasteiger partial charge in [0.1, 0.15) is 0 Å². The van der Waals surface area contributed by atoms with Crippen LogP contribution in [0.3, 0.4) is 0 Å². The van der Waals surface area contributed by atoms with E-state index in [4.69, 9.17) is 0 Å². The maximum atomic E-state index is 11.7. The molecule has 1 saturated carbocycles. The molecule has 21 heavy (non-hydrogen) atoms. The lowest BCUT2D eigenvalue weighted by molar-refractivity contribution is -0.140. The minimum absolute atomic E-state index is 0.0288. The molecule has 0 aliphatic heterocycles. The smallest absolute Gasteiger partial charge is 0.319 e. The highest BCUT2D eigenvalue weighted by atomic mass is 16.4. The van der Waals surface area contributed by atoms with Gasteiger partial charge < -0.3 is 15.7 Å². The normalized spacial score (nSPS) is 16.1. The summed E-state index contributed by atoms with van der Waals surface area (Å²) in [6.07, 6.45) is 1.36. The highest BCUT2D eigenvalue weighted by Crippen LogP contribution is 2.48. The molecule has 0 atom stereocenters. The largest absolute Gasteiger partial charge is 0.481 e. The Morgan fingerprint density at radius 1 is 1.19 bits per heavy atom. The molecule has 0 saturated heterocycles. The summed E-state index contributed by atoms with van der Waals surface area (Å²) in [6.45, 7) is 6.72. The third-order valence-electron chi connectivity index (χ3n) is 3.63. The van der Waals surface area contributed by atoms with Crippen LogP contribution in [0.5, 0.6) is 0 Å². The van der Waals surface area contributed by atoms with Gasteiger partial charge in [-0.15, -0.1) is 0 Å². The summed E-state index contributed by atoms with van der Waals surface area (Å²) in [5, 5.41) is 14.8. The number of rotatable bonds is 4. The summed E-state index contributed by atoms with van der Waals surface area (Å²) in [5.41, 5.74) is 0.788. The molecule has 0 aromatic heterocycles. The van der Waals surface area contributed by atoms with Crippen molar-refractivity contribution >= 4 is 17.7 Å². The summed E-state index contributed by atoms with van der Waals surface area (Å²) in [7, 11) is 0. The standard InChI is InChI=1S/C16H22N2O3/c1-15(2,3)10-17-14(21)18-12-6-4-11(5-7-12)16(8-9-16)13(19)20/h4-7H,8-10H2,1-3H3,(H,19,20)(H2,17,18,21). The van der Waals surface area contributed by atoms with E-state index in [2.05, 4.69) is 10.6 Å². The first-order valence-corrected chi connectivity index (χ1v) is 7.12. The fraction of sp³-hybridized carbons (Fsp3) is 0.500. The number of hydrogen-bond donors (Lipinski definition) is 3. The predicted molar refractivity (Wildman–Crippen MR) is 81.5 cm³/mol. The predicted octanol–water partition coefficient (Wildman–Crippen LogP) is 2.97. The highest BCUT2D eigenvalue weighted by Gasteiger charge is 2.51. The van der Waals surface area contributed by atoms with E-state index in [-0.39, 0.29) is 11.4 Å². The van der Waals surface area contributed by atoms with E-state index in [0.717, 1.165) is 5.56 Å². The SMILES string of the molecule is CC(C)(C)CNC(=O)Nc1ccc(C2(C(=O)O)CC2)cc1. The van der Waals surface area contributed by atoms with Crippen molar-refractivity contribution < 1.29 is 14.7 Å². The Kier molecular flexibility index (Phi) is 3.94. The molecule has 0 heterocycles. The van der Waals surface area contributed by atoms with Crippen LogP contribution in [-0.4, -0.2) is 23.7 Å². The molecule has 1 aliphatic rings. The van der Waals surface area contributed by atoms with Gasteiger partial charge in [0.2, 0.25) is 0 Å². The number of carbonyl (C=O) groups excluding carboxylic acids is 1. The number of carboxylic acid groups (broad SMARTS) is 1. The number of carboxylic acids is 1. The second kappa shape index (κ2) is 5.39. The molecule has 0 spiro atoms. The number of carbonyl (C=O) groups is 2. The molecule has 0 bridgehead atoms. The van der Waals surface area contributed by atoms with Crippen LogP contribution in [-0.2, 0) is 10.2 Å². The third kappa shape index (κ3) is 3.74. The lowest BCUT2D eigenvalue weighted by Gasteiger charge is -2.19. The zero-order chi connectivity index (χ0) is 15.7. The van der Waals surface area contributed by atoms with Gasteiger partial charge >= 0.3 is 12.0 Å². The number of anilines is 1. The molecule has 114 valence electrons. The molecule has 5 heteroatoms. The molecular formula is C16H22N2O3. The monoisotopic (exact) mass is 290 g/mol. The summed E-state index contributed by atoms with van der Waals surface area (Å²) < 4.78 is 0. The molecule has 2 amide bonds. The molecule has 0 radical (unpaired) electrons.